The molecule has 0 spiro atoms. The van der Waals surface area contributed by atoms with E-state index in [0.717, 1.165) is 36.5 Å². The molecule has 0 aromatic heterocycles. The lowest BCUT2D eigenvalue weighted by atomic mass is 9.92. The number of amides is 1. The number of benzene rings is 2. The van der Waals surface area contributed by atoms with Crippen LogP contribution in [-0.2, 0) is 9.53 Å². The number of hydrogen-bond acceptors (Lipinski definition) is 4. The zero-order chi connectivity index (χ0) is 17.2. The van der Waals surface area contributed by atoms with E-state index in [0.29, 0.717) is 11.3 Å². The maximum atomic E-state index is 12.8. The number of esters is 1. The minimum absolute atomic E-state index is 0.197. The molecule has 0 saturated heterocycles. The van der Waals surface area contributed by atoms with Gasteiger partial charge in [0, 0.05) is 5.69 Å². The molecule has 3 rings (SSSR count). The number of carbonyl (C=O) groups is 2. The zero-order valence-electron chi connectivity index (χ0n) is 13.8. The van der Waals surface area contributed by atoms with E-state index in [1.807, 2.05) is 30.3 Å². The van der Waals surface area contributed by atoms with Crippen molar-refractivity contribution in [3.63, 3.8) is 0 Å². The molecule has 24 heavy (non-hydrogen) atoms. The molecule has 3 N–H and O–H groups in total. The number of carbonyl (C=O) groups excluding carboxylic acids is 2. The Balaban J connectivity index is 1.88. The normalized spacial score (nSPS) is 16.0. The third kappa shape index (κ3) is 3.20. The van der Waals surface area contributed by atoms with Gasteiger partial charge in [-0.1, -0.05) is 37.1 Å². The van der Waals surface area contributed by atoms with E-state index in [-0.39, 0.29) is 18.3 Å². The second kappa shape index (κ2) is 6.51. The van der Waals surface area contributed by atoms with Crippen LogP contribution >= 0.6 is 0 Å². The number of ether oxygens (including phenoxy) is 1. The van der Waals surface area contributed by atoms with E-state index in [1.165, 1.54) is 7.11 Å². The molecule has 1 aliphatic carbocycles. The van der Waals surface area contributed by atoms with Crippen molar-refractivity contribution in [2.45, 2.75) is 37.6 Å². The molecule has 0 heterocycles. The summed E-state index contributed by atoms with van der Waals surface area (Å²) in [6.07, 6.45) is 3.74. The van der Waals surface area contributed by atoms with Gasteiger partial charge in [-0.3, -0.25) is 9.59 Å². The van der Waals surface area contributed by atoms with E-state index in [1.54, 1.807) is 6.07 Å². The first-order valence-electron chi connectivity index (χ1n) is 8.21. The maximum absolute atomic E-state index is 12.8. The number of fused-ring (bicyclic) bond motifs is 1. The van der Waals surface area contributed by atoms with Gasteiger partial charge in [0.1, 0.15) is 0 Å². The van der Waals surface area contributed by atoms with Gasteiger partial charge in [-0.15, -0.1) is 0 Å². The van der Waals surface area contributed by atoms with Crippen molar-refractivity contribution in [1.29, 1.82) is 0 Å². The van der Waals surface area contributed by atoms with Crippen LogP contribution in [0.2, 0.25) is 0 Å². The number of nitrogens with one attached hydrogen (secondary N) is 1. The van der Waals surface area contributed by atoms with Crippen LogP contribution in [0.5, 0.6) is 0 Å². The highest BCUT2D eigenvalue weighted by Gasteiger charge is 2.38. The van der Waals surface area contributed by atoms with Crippen LogP contribution in [0, 0.1) is 0 Å². The number of methoxy groups -OCH3 is 1. The Morgan fingerprint density at radius 1 is 1.17 bits per heavy atom. The fourth-order valence-electron chi connectivity index (χ4n) is 3.51. The summed E-state index contributed by atoms with van der Waals surface area (Å²) in [5.41, 5.74) is 6.45. The van der Waals surface area contributed by atoms with Crippen molar-refractivity contribution in [2.75, 3.05) is 12.8 Å². The minimum Gasteiger partial charge on any atom is -0.469 e. The number of nitrogen functional groups attached to an aromatic ring is 1. The molecular formula is C19H22N2O3. The van der Waals surface area contributed by atoms with Crippen molar-refractivity contribution in [2.24, 2.45) is 0 Å². The lowest BCUT2D eigenvalue weighted by molar-refractivity contribution is -0.142. The molecule has 5 heteroatoms. The standard InChI is InChI=1S/C19H22N2O3/c1-24-17(22)12-19(8-4-5-9-19)21-18(23)15-10-13-6-2-3-7-14(13)11-16(15)20/h2-3,6-7,10-11H,4-5,8-9,12,20H2,1H3,(H,21,23). The summed E-state index contributed by atoms with van der Waals surface area (Å²) in [6.45, 7) is 0. The summed E-state index contributed by atoms with van der Waals surface area (Å²) in [6, 6.07) is 11.4. The Labute approximate surface area is 141 Å². The molecule has 2 aromatic carbocycles. The molecule has 0 bridgehead atoms. The van der Waals surface area contributed by atoms with Gasteiger partial charge in [0.05, 0.1) is 24.6 Å². The highest BCUT2D eigenvalue weighted by Crippen LogP contribution is 2.34. The van der Waals surface area contributed by atoms with E-state index in [9.17, 15) is 9.59 Å². The van der Waals surface area contributed by atoms with Crippen LogP contribution in [0.25, 0.3) is 10.8 Å². The van der Waals surface area contributed by atoms with Crippen LogP contribution in [-0.4, -0.2) is 24.5 Å². The highest BCUT2D eigenvalue weighted by molar-refractivity contribution is 6.04. The molecule has 0 atom stereocenters. The minimum atomic E-state index is -0.526. The molecular weight excluding hydrogens is 304 g/mol. The van der Waals surface area contributed by atoms with Crippen molar-refractivity contribution < 1.29 is 14.3 Å². The maximum Gasteiger partial charge on any atom is 0.307 e. The number of nitrogens with two attached hydrogens (primary N) is 1. The average molecular weight is 326 g/mol. The molecule has 2 aromatic rings. The van der Waals surface area contributed by atoms with E-state index < -0.39 is 5.54 Å². The molecule has 126 valence electrons. The van der Waals surface area contributed by atoms with Gasteiger partial charge in [-0.25, -0.2) is 0 Å². The zero-order valence-corrected chi connectivity index (χ0v) is 13.8. The Hall–Kier alpha value is -2.56. The van der Waals surface area contributed by atoms with Crippen molar-refractivity contribution in [1.82, 2.24) is 5.32 Å². The SMILES string of the molecule is COC(=O)CC1(NC(=O)c2cc3ccccc3cc2N)CCCC1. The van der Waals surface area contributed by atoms with Gasteiger partial charge in [0.15, 0.2) is 0 Å². The van der Waals surface area contributed by atoms with Gasteiger partial charge in [0.25, 0.3) is 5.91 Å². The van der Waals surface area contributed by atoms with Gasteiger partial charge in [-0.2, -0.15) is 0 Å². The predicted molar refractivity (Wildman–Crippen MR) is 93.7 cm³/mol. The summed E-state index contributed by atoms with van der Waals surface area (Å²) in [7, 11) is 1.37. The number of anilines is 1. The first-order chi connectivity index (χ1) is 11.5. The van der Waals surface area contributed by atoms with Crippen LogP contribution < -0.4 is 11.1 Å². The lowest BCUT2D eigenvalue weighted by Crippen LogP contribution is -2.48. The van der Waals surface area contributed by atoms with E-state index in [4.69, 9.17) is 10.5 Å². The van der Waals surface area contributed by atoms with Gasteiger partial charge < -0.3 is 15.8 Å². The monoisotopic (exact) mass is 326 g/mol. The number of rotatable bonds is 4. The Bertz CT molecular complexity index is 779. The second-order valence-electron chi connectivity index (χ2n) is 6.48. The first-order valence-corrected chi connectivity index (χ1v) is 8.21. The third-order valence-electron chi connectivity index (χ3n) is 4.81. The van der Waals surface area contributed by atoms with Crippen LogP contribution in [0.1, 0.15) is 42.5 Å². The van der Waals surface area contributed by atoms with Gasteiger partial charge in [0.2, 0.25) is 0 Å². The van der Waals surface area contributed by atoms with E-state index in [2.05, 4.69) is 5.32 Å². The van der Waals surface area contributed by atoms with Gasteiger partial charge >= 0.3 is 5.97 Å². The molecule has 1 amide bonds. The average Bonchev–Trinajstić information content (AvgIpc) is 3.01. The summed E-state index contributed by atoms with van der Waals surface area (Å²) in [5.74, 6) is -0.535. The third-order valence-corrected chi connectivity index (χ3v) is 4.81. The van der Waals surface area contributed by atoms with Crippen LogP contribution in [0.4, 0.5) is 5.69 Å². The second-order valence-corrected chi connectivity index (χ2v) is 6.48. The molecule has 0 aliphatic heterocycles. The number of hydrogen-bond donors (Lipinski definition) is 2. The van der Waals surface area contributed by atoms with Gasteiger partial charge in [-0.05, 0) is 35.7 Å². The van der Waals surface area contributed by atoms with Crippen molar-refractivity contribution >= 4 is 28.3 Å². The topological polar surface area (TPSA) is 81.4 Å². The van der Waals surface area contributed by atoms with Crippen molar-refractivity contribution in [3.8, 4) is 0 Å². The lowest BCUT2D eigenvalue weighted by Gasteiger charge is -2.29. The first kappa shape index (κ1) is 16.3. The summed E-state index contributed by atoms with van der Waals surface area (Å²) < 4.78 is 4.79. The predicted octanol–water partition coefficient (Wildman–Crippen LogP) is 3.03. The Morgan fingerprint density at radius 3 is 2.42 bits per heavy atom. The quantitative estimate of drug-likeness (QED) is 0.668. The molecule has 1 saturated carbocycles. The highest BCUT2D eigenvalue weighted by atomic mass is 16.5. The molecule has 0 radical (unpaired) electrons. The summed E-state index contributed by atoms with van der Waals surface area (Å²) >= 11 is 0. The summed E-state index contributed by atoms with van der Waals surface area (Å²) in [4.78, 5) is 24.5. The summed E-state index contributed by atoms with van der Waals surface area (Å²) in [5, 5.41) is 5.02. The van der Waals surface area contributed by atoms with E-state index >= 15 is 0 Å². The largest absolute Gasteiger partial charge is 0.469 e. The van der Waals surface area contributed by atoms with Crippen LogP contribution in [0.3, 0.4) is 0 Å². The Morgan fingerprint density at radius 2 is 1.79 bits per heavy atom. The molecule has 1 fully saturated rings. The van der Waals surface area contributed by atoms with Crippen LogP contribution in [0.15, 0.2) is 36.4 Å². The Kier molecular flexibility index (Phi) is 4.42. The fraction of sp³-hybridized carbons (Fsp3) is 0.368. The molecule has 1 aliphatic rings. The fourth-order valence-corrected chi connectivity index (χ4v) is 3.51. The van der Waals surface area contributed by atoms with Crippen molar-refractivity contribution in [3.05, 3.63) is 42.0 Å². The molecule has 0 unspecified atom stereocenters. The molecule has 5 nitrogen and oxygen atoms in total. The smallest absolute Gasteiger partial charge is 0.307 e.